The summed E-state index contributed by atoms with van der Waals surface area (Å²) in [4.78, 5) is 4.00. The molecule has 0 fully saturated rings. The van der Waals surface area contributed by atoms with Gasteiger partial charge in [0, 0.05) is 11.8 Å². The second kappa shape index (κ2) is 3.90. The predicted molar refractivity (Wildman–Crippen MR) is 44.3 cm³/mol. The highest BCUT2D eigenvalue weighted by Crippen LogP contribution is 2.17. The molecule has 1 heterocycles. The summed E-state index contributed by atoms with van der Waals surface area (Å²) < 4.78 is 4.87. The van der Waals surface area contributed by atoms with Crippen molar-refractivity contribution in [2.75, 3.05) is 5.75 Å². The number of hydrogen-bond acceptors (Lipinski definition) is 5. The van der Waals surface area contributed by atoms with E-state index in [0.29, 0.717) is 0 Å². The van der Waals surface area contributed by atoms with Crippen LogP contribution >= 0.6 is 23.3 Å². The molecule has 10 heavy (non-hydrogen) atoms. The van der Waals surface area contributed by atoms with E-state index in [-0.39, 0.29) is 6.04 Å². The second-order valence-corrected chi connectivity index (χ2v) is 4.04. The van der Waals surface area contributed by atoms with Gasteiger partial charge in [-0.25, -0.2) is 4.98 Å². The van der Waals surface area contributed by atoms with Crippen molar-refractivity contribution in [1.82, 2.24) is 9.36 Å². The summed E-state index contributed by atoms with van der Waals surface area (Å²) in [6.45, 7) is 1.98. The van der Waals surface area contributed by atoms with Crippen molar-refractivity contribution in [2.24, 2.45) is 5.73 Å². The molecule has 3 nitrogen and oxygen atoms in total. The molecule has 0 aliphatic carbocycles. The third-order valence-electron chi connectivity index (χ3n) is 0.811. The molecule has 0 saturated heterocycles. The van der Waals surface area contributed by atoms with E-state index in [1.54, 1.807) is 18.1 Å². The van der Waals surface area contributed by atoms with Crippen molar-refractivity contribution in [3.63, 3.8) is 0 Å². The first-order valence-corrected chi connectivity index (χ1v) is 4.70. The molecule has 0 saturated carbocycles. The van der Waals surface area contributed by atoms with E-state index in [1.807, 2.05) is 6.92 Å². The summed E-state index contributed by atoms with van der Waals surface area (Å²) in [5, 5.41) is 0. The van der Waals surface area contributed by atoms with Crippen molar-refractivity contribution in [1.29, 1.82) is 0 Å². The predicted octanol–water partition coefficient (Wildman–Crippen LogP) is 0.977. The minimum atomic E-state index is 0.230. The SMILES string of the molecule is C[C@H](N)CSc1ncns1. The lowest BCUT2D eigenvalue weighted by atomic mass is 10.4. The Morgan fingerprint density at radius 1 is 1.90 bits per heavy atom. The lowest BCUT2D eigenvalue weighted by Gasteiger charge is -1.99. The van der Waals surface area contributed by atoms with Crippen molar-refractivity contribution in [3.8, 4) is 0 Å². The fraction of sp³-hybridized carbons (Fsp3) is 0.600. The molecule has 1 aromatic rings. The fourth-order valence-corrected chi connectivity index (χ4v) is 1.78. The molecule has 0 aromatic carbocycles. The van der Waals surface area contributed by atoms with Crippen LogP contribution in [0.15, 0.2) is 10.7 Å². The van der Waals surface area contributed by atoms with Gasteiger partial charge in [-0.3, -0.25) is 0 Å². The normalized spacial score (nSPS) is 13.4. The van der Waals surface area contributed by atoms with Gasteiger partial charge in [0.15, 0.2) is 4.34 Å². The number of nitrogens with two attached hydrogens (primary N) is 1. The highest BCUT2D eigenvalue weighted by atomic mass is 32.2. The second-order valence-electron chi connectivity index (χ2n) is 2.00. The molecule has 0 radical (unpaired) electrons. The Hall–Kier alpha value is -0.130. The molecule has 0 aliphatic heterocycles. The van der Waals surface area contributed by atoms with Crippen LogP contribution in [0.5, 0.6) is 0 Å². The highest BCUT2D eigenvalue weighted by molar-refractivity contribution is 8.00. The molecule has 0 unspecified atom stereocenters. The molecule has 1 rings (SSSR count). The maximum atomic E-state index is 5.54. The van der Waals surface area contributed by atoms with Crippen LogP contribution in [-0.2, 0) is 0 Å². The first kappa shape index (κ1) is 7.97. The lowest BCUT2D eigenvalue weighted by Crippen LogP contribution is -2.17. The first-order valence-electron chi connectivity index (χ1n) is 2.94. The molecular formula is C5H9N3S2. The van der Waals surface area contributed by atoms with E-state index >= 15 is 0 Å². The summed E-state index contributed by atoms with van der Waals surface area (Å²) in [5.74, 6) is 0.912. The smallest absolute Gasteiger partial charge is 0.169 e. The molecule has 1 aromatic heterocycles. The van der Waals surface area contributed by atoms with Crippen molar-refractivity contribution < 1.29 is 0 Å². The third kappa shape index (κ3) is 2.64. The van der Waals surface area contributed by atoms with Crippen molar-refractivity contribution in [2.45, 2.75) is 17.3 Å². The lowest BCUT2D eigenvalue weighted by molar-refractivity contribution is 0.847. The molecule has 0 bridgehead atoms. The average molecular weight is 175 g/mol. The molecular weight excluding hydrogens is 166 g/mol. The van der Waals surface area contributed by atoms with E-state index in [9.17, 15) is 0 Å². The van der Waals surface area contributed by atoms with Gasteiger partial charge in [-0.15, -0.1) is 0 Å². The Morgan fingerprint density at radius 2 is 2.70 bits per heavy atom. The van der Waals surface area contributed by atoms with Gasteiger partial charge in [0.25, 0.3) is 0 Å². The number of aromatic nitrogens is 2. The van der Waals surface area contributed by atoms with E-state index in [0.717, 1.165) is 10.1 Å². The minimum Gasteiger partial charge on any atom is -0.327 e. The summed E-state index contributed by atoms with van der Waals surface area (Å²) in [7, 11) is 0. The standard InChI is InChI=1S/C5H9N3S2/c1-4(6)2-9-5-7-3-8-10-5/h3-4H,2,6H2,1H3/t4-/m0/s1. The van der Waals surface area contributed by atoms with Crippen LogP contribution in [0.3, 0.4) is 0 Å². The summed E-state index contributed by atoms with van der Waals surface area (Å²) >= 11 is 3.07. The van der Waals surface area contributed by atoms with Crippen LogP contribution in [-0.4, -0.2) is 21.2 Å². The van der Waals surface area contributed by atoms with Crippen LogP contribution in [0.1, 0.15) is 6.92 Å². The van der Waals surface area contributed by atoms with Crippen LogP contribution in [0.2, 0.25) is 0 Å². The van der Waals surface area contributed by atoms with Crippen molar-refractivity contribution >= 4 is 23.3 Å². The van der Waals surface area contributed by atoms with Gasteiger partial charge in [0.1, 0.15) is 6.33 Å². The van der Waals surface area contributed by atoms with Gasteiger partial charge in [-0.2, -0.15) is 4.37 Å². The zero-order valence-electron chi connectivity index (χ0n) is 5.65. The Morgan fingerprint density at radius 3 is 3.20 bits per heavy atom. The molecule has 5 heteroatoms. The number of nitrogens with zero attached hydrogens (tertiary/aromatic N) is 2. The average Bonchev–Trinajstić information content (AvgIpc) is 2.34. The topological polar surface area (TPSA) is 51.8 Å². The monoisotopic (exact) mass is 175 g/mol. The Bertz CT molecular complexity index is 173. The maximum absolute atomic E-state index is 5.54. The zero-order valence-corrected chi connectivity index (χ0v) is 7.28. The zero-order chi connectivity index (χ0) is 7.40. The number of thioether (sulfide) groups is 1. The van der Waals surface area contributed by atoms with Crippen molar-refractivity contribution in [3.05, 3.63) is 6.33 Å². The molecule has 0 aliphatic rings. The molecule has 0 amide bonds. The van der Waals surface area contributed by atoms with Gasteiger partial charge in [0.05, 0.1) is 0 Å². The summed E-state index contributed by atoms with van der Waals surface area (Å²) in [5.41, 5.74) is 5.54. The largest absolute Gasteiger partial charge is 0.327 e. The molecule has 1 atom stereocenters. The van der Waals surface area contributed by atoms with Crippen LogP contribution in [0.4, 0.5) is 0 Å². The van der Waals surface area contributed by atoms with Gasteiger partial charge >= 0.3 is 0 Å². The number of rotatable bonds is 3. The van der Waals surface area contributed by atoms with Crippen LogP contribution in [0, 0.1) is 0 Å². The van der Waals surface area contributed by atoms with Gasteiger partial charge in [-0.05, 0) is 18.5 Å². The summed E-state index contributed by atoms with van der Waals surface area (Å²) in [6.07, 6.45) is 1.56. The minimum absolute atomic E-state index is 0.230. The quantitative estimate of drug-likeness (QED) is 0.696. The molecule has 0 spiro atoms. The van der Waals surface area contributed by atoms with Gasteiger partial charge in [0.2, 0.25) is 0 Å². The third-order valence-corrected chi connectivity index (χ3v) is 2.89. The van der Waals surface area contributed by atoms with E-state index in [1.165, 1.54) is 11.5 Å². The van der Waals surface area contributed by atoms with Crippen LogP contribution in [0.25, 0.3) is 0 Å². The number of hydrogen-bond donors (Lipinski definition) is 1. The summed E-state index contributed by atoms with van der Waals surface area (Å²) in [6, 6.07) is 0.230. The highest BCUT2D eigenvalue weighted by Gasteiger charge is 1.98. The molecule has 56 valence electrons. The van der Waals surface area contributed by atoms with Crippen LogP contribution < -0.4 is 5.73 Å². The first-order chi connectivity index (χ1) is 4.79. The van der Waals surface area contributed by atoms with E-state index < -0.39 is 0 Å². The molecule has 2 N–H and O–H groups in total. The van der Waals surface area contributed by atoms with E-state index in [4.69, 9.17) is 5.73 Å². The van der Waals surface area contributed by atoms with Gasteiger partial charge < -0.3 is 5.73 Å². The Kier molecular flexibility index (Phi) is 3.11. The fourth-order valence-electron chi connectivity index (χ4n) is 0.429. The van der Waals surface area contributed by atoms with E-state index in [2.05, 4.69) is 9.36 Å². The maximum Gasteiger partial charge on any atom is 0.169 e. The Balaban J connectivity index is 2.28. The Labute approximate surface area is 68.2 Å². The van der Waals surface area contributed by atoms with Gasteiger partial charge in [-0.1, -0.05) is 11.8 Å².